The third-order valence-electron chi connectivity index (χ3n) is 9.60. The topological polar surface area (TPSA) is 105 Å². The Balaban J connectivity index is 1.38. The second-order valence-electron chi connectivity index (χ2n) is 12.6. The lowest BCUT2D eigenvalue weighted by atomic mass is 9.48. The Morgan fingerprint density at radius 1 is 1.24 bits per heavy atom. The first-order valence-corrected chi connectivity index (χ1v) is 16.3. The Morgan fingerprint density at radius 2 is 2.00 bits per heavy atom. The third-order valence-corrected chi connectivity index (χ3v) is 11.0. The maximum atomic E-state index is 13.7. The van der Waals surface area contributed by atoms with E-state index in [1.54, 1.807) is 6.07 Å². The molecule has 0 amide bonds. The average molecular weight is 581 g/mol. The van der Waals surface area contributed by atoms with Crippen LogP contribution in [0.15, 0.2) is 49.1 Å². The minimum atomic E-state index is -3.75. The summed E-state index contributed by atoms with van der Waals surface area (Å²) in [5.74, 6) is 0.602. The van der Waals surface area contributed by atoms with Gasteiger partial charge in [-0.1, -0.05) is 50.3 Å². The molecule has 2 fully saturated rings. The Bertz CT molecular complexity index is 1490. The van der Waals surface area contributed by atoms with Crippen molar-refractivity contribution in [1.29, 1.82) is 0 Å². The monoisotopic (exact) mass is 580 g/mol. The van der Waals surface area contributed by atoms with Crippen molar-refractivity contribution in [3.8, 4) is 11.5 Å². The summed E-state index contributed by atoms with van der Waals surface area (Å²) in [5, 5.41) is 12.6. The van der Waals surface area contributed by atoms with Gasteiger partial charge in [-0.25, -0.2) is 13.1 Å². The highest BCUT2D eigenvalue weighted by atomic mass is 32.2. The molecule has 2 aliphatic carbocycles. The van der Waals surface area contributed by atoms with Crippen LogP contribution in [0.25, 0.3) is 0 Å². The standard InChI is InChI=1S/C32H40N2O6S/c1-5-15-34-16-14-31-28-23-10-11-26(39-21(4)35)29(28)40-30(31)25(12-13-32(31,36)27(34)18-23)33-41(37,38)19-24-9-7-6-8-22(24)17-20(2)3/h5-11,20,25,27,30,33,36H,1,12-19H2,2-4H3/t25-,27-,30+,31+,32-/m1/s1. The maximum absolute atomic E-state index is 13.7. The van der Waals surface area contributed by atoms with E-state index < -0.39 is 39.2 Å². The van der Waals surface area contributed by atoms with Crippen molar-refractivity contribution < 1.29 is 27.8 Å². The number of ether oxygens (including phenoxy) is 2. The lowest BCUT2D eigenvalue weighted by Crippen LogP contribution is -2.78. The van der Waals surface area contributed by atoms with Crippen LogP contribution in [0.3, 0.4) is 0 Å². The summed E-state index contributed by atoms with van der Waals surface area (Å²) in [6.45, 7) is 10.9. The summed E-state index contributed by atoms with van der Waals surface area (Å²) in [5.41, 5.74) is 1.81. The molecule has 1 saturated carbocycles. The summed E-state index contributed by atoms with van der Waals surface area (Å²) in [4.78, 5) is 14.3. The second-order valence-corrected chi connectivity index (χ2v) is 14.4. The lowest BCUT2D eigenvalue weighted by molar-refractivity contribution is -0.188. The lowest BCUT2D eigenvalue weighted by Gasteiger charge is -2.64. The maximum Gasteiger partial charge on any atom is 0.308 e. The number of piperidine rings is 1. The van der Waals surface area contributed by atoms with Crippen LogP contribution < -0.4 is 14.2 Å². The van der Waals surface area contributed by atoms with Gasteiger partial charge in [-0.15, -0.1) is 6.58 Å². The normalized spacial score (nSPS) is 30.0. The predicted molar refractivity (Wildman–Crippen MR) is 156 cm³/mol. The quantitative estimate of drug-likeness (QED) is 0.265. The Hall–Kier alpha value is -2.72. The highest BCUT2D eigenvalue weighted by molar-refractivity contribution is 7.88. The molecule has 2 aromatic carbocycles. The molecule has 8 nitrogen and oxygen atoms in total. The van der Waals surface area contributed by atoms with E-state index in [-0.39, 0.29) is 11.8 Å². The molecule has 2 aliphatic heterocycles. The van der Waals surface area contributed by atoms with Gasteiger partial charge in [0, 0.05) is 25.1 Å². The summed E-state index contributed by atoms with van der Waals surface area (Å²) in [7, 11) is -3.75. The highest BCUT2D eigenvalue weighted by Gasteiger charge is 2.73. The summed E-state index contributed by atoms with van der Waals surface area (Å²) in [6.07, 6.45) is 4.12. The number of carbonyl (C=O) groups is 1. The number of carbonyl (C=O) groups excluding carboxylic acids is 1. The number of sulfonamides is 1. The van der Waals surface area contributed by atoms with Gasteiger partial charge in [0.15, 0.2) is 11.5 Å². The SMILES string of the molecule is C=CCN1CC[C@]23c4c5ccc(OC(C)=O)c4O[C@H]2[C@H](NS(=O)(=O)Cc2ccccc2CC(C)C)CC[C@@]3(O)[C@H]1C5. The van der Waals surface area contributed by atoms with Gasteiger partial charge in [0.05, 0.1) is 22.8 Å². The van der Waals surface area contributed by atoms with Crippen molar-refractivity contribution in [2.75, 3.05) is 13.1 Å². The van der Waals surface area contributed by atoms with E-state index in [1.165, 1.54) is 6.92 Å². The smallest absolute Gasteiger partial charge is 0.308 e. The van der Waals surface area contributed by atoms with Crippen molar-refractivity contribution in [2.24, 2.45) is 5.92 Å². The van der Waals surface area contributed by atoms with Gasteiger partial charge in [0.2, 0.25) is 10.0 Å². The zero-order chi connectivity index (χ0) is 29.2. The first-order chi connectivity index (χ1) is 19.5. The molecule has 2 N–H and O–H groups in total. The number of aliphatic hydroxyl groups is 1. The molecule has 1 saturated heterocycles. The molecule has 9 heteroatoms. The Kier molecular flexibility index (Phi) is 7.08. The van der Waals surface area contributed by atoms with Crippen LogP contribution in [0.5, 0.6) is 11.5 Å². The number of nitrogens with one attached hydrogen (secondary N) is 1. The minimum absolute atomic E-state index is 0.122. The predicted octanol–water partition coefficient (Wildman–Crippen LogP) is 3.64. The summed E-state index contributed by atoms with van der Waals surface area (Å²) >= 11 is 0. The first-order valence-electron chi connectivity index (χ1n) is 14.6. The van der Waals surface area contributed by atoms with Crippen molar-refractivity contribution >= 4 is 16.0 Å². The van der Waals surface area contributed by atoms with Crippen LogP contribution in [-0.4, -0.2) is 61.3 Å². The van der Waals surface area contributed by atoms with Gasteiger partial charge in [0.25, 0.3) is 0 Å². The molecule has 41 heavy (non-hydrogen) atoms. The van der Waals surface area contributed by atoms with E-state index in [0.29, 0.717) is 49.6 Å². The van der Waals surface area contributed by atoms with Crippen LogP contribution in [0, 0.1) is 5.92 Å². The third kappa shape index (κ3) is 4.52. The van der Waals surface area contributed by atoms with Gasteiger partial charge in [-0.05, 0) is 67.3 Å². The fraction of sp³-hybridized carbons (Fsp3) is 0.531. The number of esters is 1. The first kappa shape index (κ1) is 28.4. The molecule has 2 bridgehead atoms. The largest absolute Gasteiger partial charge is 0.483 e. The second kappa shape index (κ2) is 10.2. The van der Waals surface area contributed by atoms with Gasteiger partial charge >= 0.3 is 5.97 Å². The highest BCUT2D eigenvalue weighted by Crippen LogP contribution is 2.65. The van der Waals surface area contributed by atoms with Crippen molar-refractivity contribution in [3.63, 3.8) is 0 Å². The molecule has 0 aromatic heterocycles. The molecular weight excluding hydrogens is 540 g/mol. The number of rotatable bonds is 9. The molecule has 0 unspecified atom stereocenters. The van der Waals surface area contributed by atoms with E-state index in [0.717, 1.165) is 35.2 Å². The molecule has 1 spiro atoms. The van der Waals surface area contributed by atoms with Gasteiger partial charge in [-0.3, -0.25) is 9.69 Å². The molecule has 2 heterocycles. The number of hydrogen-bond acceptors (Lipinski definition) is 7. The molecule has 2 aromatic rings. The van der Waals surface area contributed by atoms with Crippen molar-refractivity contribution in [3.05, 3.63) is 71.3 Å². The van der Waals surface area contributed by atoms with E-state index >= 15 is 0 Å². The minimum Gasteiger partial charge on any atom is -0.483 e. The number of nitrogens with zero attached hydrogens (tertiary/aromatic N) is 1. The summed E-state index contributed by atoms with van der Waals surface area (Å²) in [6, 6.07) is 10.7. The fourth-order valence-corrected chi connectivity index (χ4v) is 9.65. The van der Waals surface area contributed by atoms with Crippen LogP contribution >= 0.6 is 0 Å². The van der Waals surface area contributed by atoms with Crippen molar-refractivity contribution in [2.45, 2.75) is 87.8 Å². The van der Waals surface area contributed by atoms with Gasteiger partial charge < -0.3 is 14.6 Å². The zero-order valence-electron chi connectivity index (χ0n) is 24.1. The van der Waals surface area contributed by atoms with Crippen LogP contribution in [0.1, 0.15) is 62.3 Å². The van der Waals surface area contributed by atoms with Crippen LogP contribution in [0.2, 0.25) is 0 Å². The molecule has 6 rings (SSSR count). The van der Waals surface area contributed by atoms with Crippen molar-refractivity contribution in [1.82, 2.24) is 9.62 Å². The Labute approximate surface area is 242 Å². The van der Waals surface area contributed by atoms with E-state index in [2.05, 4.69) is 30.0 Å². The molecule has 4 aliphatic rings. The molecule has 220 valence electrons. The van der Waals surface area contributed by atoms with Crippen LogP contribution in [-0.2, 0) is 38.8 Å². The van der Waals surface area contributed by atoms with E-state index in [4.69, 9.17) is 9.47 Å². The van der Waals surface area contributed by atoms with E-state index in [1.807, 2.05) is 36.4 Å². The van der Waals surface area contributed by atoms with E-state index in [9.17, 15) is 18.3 Å². The molecular formula is C32H40N2O6S. The van der Waals surface area contributed by atoms with Gasteiger partial charge in [0.1, 0.15) is 6.10 Å². The fourth-order valence-electron chi connectivity index (χ4n) is 8.18. The Morgan fingerprint density at radius 3 is 2.71 bits per heavy atom. The number of hydrogen-bond donors (Lipinski definition) is 2. The summed E-state index contributed by atoms with van der Waals surface area (Å²) < 4.78 is 42.6. The number of likely N-dealkylation sites (tertiary alicyclic amines) is 1. The van der Waals surface area contributed by atoms with Gasteiger partial charge in [-0.2, -0.15) is 0 Å². The molecule has 0 radical (unpaired) electrons. The zero-order valence-corrected chi connectivity index (χ0v) is 24.9. The molecule has 5 atom stereocenters. The average Bonchev–Trinajstić information content (AvgIpc) is 3.25. The van der Waals surface area contributed by atoms with Crippen LogP contribution in [0.4, 0.5) is 0 Å². The number of benzene rings is 2.